The van der Waals surface area contributed by atoms with Crippen molar-refractivity contribution in [1.29, 1.82) is 0 Å². The van der Waals surface area contributed by atoms with Crippen molar-refractivity contribution in [3.8, 4) is 0 Å². The van der Waals surface area contributed by atoms with E-state index in [-0.39, 0.29) is 50.1 Å². The Morgan fingerprint density at radius 2 is 1.73 bits per heavy atom. The minimum atomic E-state index is -1.27. The Bertz CT molecular complexity index is 496. The zero-order chi connectivity index (χ0) is 16.2. The van der Waals surface area contributed by atoms with Gasteiger partial charge in [0.25, 0.3) is 5.91 Å². The first-order valence-corrected chi connectivity index (χ1v) is 10.6. The van der Waals surface area contributed by atoms with Gasteiger partial charge in [0.05, 0.1) is 6.16 Å². The average Bonchev–Trinajstić information content (AvgIpc) is 2.39. The fourth-order valence-electron chi connectivity index (χ4n) is 2.61. The molecule has 22 heavy (non-hydrogen) atoms. The summed E-state index contributed by atoms with van der Waals surface area (Å²) in [4.78, 5) is 12.7. The number of hydrogen-bond acceptors (Lipinski definition) is 1. The van der Waals surface area contributed by atoms with Crippen molar-refractivity contribution < 1.29 is 41.9 Å². The smallest absolute Gasteiger partial charge is 0.265 e. The van der Waals surface area contributed by atoms with Gasteiger partial charge < -0.3 is 5.32 Å². The predicted molar refractivity (Wildman–Crippen MR) is 92.5 cm³/mol. The average molecular weight is 401 g/mol. The van der Waals surface area contributed by atoms with Gasteiger partial charge in [0.1, 0.15) is 11.5 Å². The standard InChI is InChI=1S/C17H27FNOP.Y/c1-7-9-15(21(5,6)8-2)17(20)19-16-12(3)10-14(18)11-13(16)4;/h10-11,15H,7-9H2,1-6H3;/p+1. The number of aryl methyl sites for hydroxylation is 2. The van der Waals surface area contributed by atoms with Gasteiger partial charge in [0, 0.05) is 59.0 Å². The van der Waals surface area contributed by atoms with Gasteiger partial charge in [0.15, 0.2) is 0 Å². The monoisotopic (exact) mass is 401 g/mol. The molecular formula is C17H28FNOPY+. The van der Waals surface area contributed by atoms with Gasteiger partial charge in [-0.15, -0.1) is 0 Å². The van der Waals surface area contributed by atoms with Gasteiger partial charge in [-0.3, -0.25) is 4.79 Å². The molecule has 1 aromatic carbocycles. The number of rotatable bonds is 6. The summed E-state index contributed by atoms with van der Waals surface area (Å²) < 4.78 is 13.4. The van der Waals surface area contributed by atoms with E-state index in [0.717, 1.165) is 35.8 Å². The van der Waals surface area contributed by atoms with Crippen LogP contribution in [0.5, 0.6) is 0 Å². The van der Waals surface area contributed by atoms with Gasteiger partial charge >= 0.3 is 0 Å². The van der Waals surface area contributed by atoms with E-state index in [1.165, 1.54) is 12.1 Å². The van der Waals surface area contributed by atoms with Crippen LogP contribution in [0.25, 0.3) is 0 Å². The van der Waals surface area contributed by atoms with Gasteiger partial charge in [-0.05, 0) is 50.5 Å². The molecule has 0 fully saturated rings. The van der Waals surface area contributed by atoms with Crippen molar-refractivity contribution >= 4 is 18.9 Å². The molecule has 5 heteroatoms. The van der Waals surface area contributed by atoms with E-state index in [9.17, 15) is 9.18 Å². The first kappa shape index (κ1) is 22.2. The molecule has 1 aromatic rings. The van der Waals surface area contributed by atoms with Crippen molar-refractivity contribution in [3.05, 3.63) is 29.1 Å². The summed E-state index contributed by atoms with van der Waals surface area (Å²) in [6.07, 6.45) is 2.98. The van der Waals surface area contributed by atoms with Crippen molar-refractivity contribution in [2.75, 3.05) is 24.8 Å². The number of nitrogens with one attached hydrogen (secondary N) is 1. The van der Waals surface area contributed by atoms with Crippen LogP contribution in [-0.4, -0.2) is 31.1 Å². The molecule has 0 saturated heterocycles. The third-order valence-corrected chi connectivity index (χ3v) is 8.08. The number of carbonyl (C=O) groups is 1. The van der Waals surface area contributed by atoms with Gasteiger partial charge in [-0.25, -0.2) is 4.39 Å². The molecule has 1 atom stereocenters. The Kier molecular flexibility index (Phi) is 9.52. The number of anilines is 1. The summed E-state index contributed by atoms with van der Waals surface area (Å²) >= 11 is 0. The third-order valence-electron chi connectivity index (χ3n) is 4.27. The molecular weight excluding hydrogens is 373 g/mol. The van der Waals surface area contributed by atoms with Crippen LogP contribution in [0.3, 0.4) is 0 Å². The summed E-state index contributed by atoms with van der Waals surface area (Å²) in [5.41, 5.74) is 2.41. The van der Waals surface area contributed by atoms with Gasteiger partial charge in [-0.1, -0.05) is 13.3 Å². The number of benzene rings is 1. The van der Waals surface area contributed by atoms with Gasteiger partial charge in [0.2, 0.25) is 0 Å². The second-order valence-electron chi connectivity index (χ2n) is 6.30. The first-order chi connectivity index (χ1) is 9.72. The summed E-state index contributed by atoms with van der Waals surface area (Å²) in [5.74, 6) is -0.163. The van der Waals surface area contributed by atoms with E-state index in [2.05, 4.69) is 32.5 Å². The topological polar surface area (TPSA) is 29.1 Å². The third kappa shape index (κ3) is 5.66. The number of carbonyl (C=O) groups excluding carboxylic acids is 1. The fourth-order valence-corrected chi connectivity index (χ4v) is 4.70. The van der Waals surface area contributed by atoms with Crippen molar-refractivity contribution in [3.63, 3.8) is 0 Å². The quantitative estimate of drug-likeness (QED) is 0.679. The Morgan fingerprint density at radius 1 is 1.23 bits per heavy atom. The number of halogens is 1. The minimum absolute atomic E-state index is 0. The Morgan fingerprint density at radius 3 is 2.14 bits per heavy atom. The molecule has 0 bridgehead atoms. The SMILES string of the molecule is CCCC(C(=O)Nc1c(C)cc(F)cc1C)[P+](C)(C)CC.[Y]. The summed E-state index contributed by atoms with van der Waals surface area (Å²) in [6.45, 7) is 12.4. The minimum Gasteiger partial charge on any atom is -0.322 e. The van der Waals surface area contributed by atoms with Crippen LogP contribution in [0.4, 0.5) is 10.1 Å². The second-order valence-corrected chi connectivity index (χ2v) is 11.1. The number of amides is 1. The zero-order valence-electron chi connectivity index (χ0n) is 14.7. The predicted octanol–water partition coefficient (Wildman–Crippen LogP) is 4.84. The van der Waals surface area contributed by atoms with E-state index < -0.39 is 7.26 Å². The molecule has 1 rings (SSSR count). The van der Waals surface area contributed by atoms with E-state index in [1.54, 1.807) is 0 Å². The molecule has 121 valence electrons. The van der Waals surface area contributed by atoms with Crippen LogP contribution >= 0.6 is 7.26 Å². The molecule has 0 aliphatic heterocycles. The summed E-state index contributed by atoms with van der Waals surface area (Å²) in [5, 5.41) is 3.05. The van der Waals surface area contributed by atoms with E-state index in [4.69, 9.17) is 0 Å². The number of hydrogen-bond donors (Lipinski definition) is 1. The zero-order valence-corrected chi connectivity index (χ0v) is 18.4. The van der Waals surface area contributed by atoms with Crippen LogP contribution in [0.2, 0.25) is 0 Å². The maximum absolute atomic E-state index is 13.4. The molecule has 1 radical (unpaired) electrons. The molecule has 1 amide bonds. The van der Waals surface area contributed by atoms with Gasteiger partial charge in [-0.2, -0.15) is 0 Å². The second kappa shape index (κ2) is 9.45. The van der Waals surface area contributed by atoms with E-state index in [1.807, 2.05) is 13.8 Å². The van der Waals surface area contributed by atoms with Crippen LogP contribution in [0, 0.1) is 19.7 Å². The van der Waals surface area contributed by atoms with E-state index in [0.29, 0.717) is 0 Å². The molecule has 0 heterocycles. The van der Waals surface area contributed by atoms with E-state index >= 15 is 0 Å². The summed E-state index contributed by atoms with van der Waals surface area (Å²) in [7, 11) is -1.27. The molecule has 0 aliphatic rings. The Hall–Kier alpha value is 0.154. The molecule has 1 N–H and O–H groups in total. The Balaban J connectivity index is 0.00000441. The summed E-state index contributed by atoms with van der Waals surface area (Å²) in [6, 6.07) is 2.94. The van der Waals surface area contributed by atoms with Crippen LogP contribution in [-0.2, 0) is 37.5 Å². The normalized spacial score (nSPS) is 12.5. The van der Waals surface area contributed by atoms with Crippen LogP contribution < -0.4 is 5.32 Å². The van der Waals surface area contributed by atoms with Crippen molar-refractivity contribution in [2.45, 2.75) is 46.2 Å². The molecule has 0 aromatic heterocycles. The fraction of sp³-hybridized carbons (Fsp3) is 0.588. The molecule has 0 aliphatic carbocycles. The largest absolute Gasteiger partial charge is 0.322 e. The maximum atomic E-state index is 13.4. The van der Waals surface area contributed by atoms with Crippen LogP contribution in [0.15, 0.2) is 12.1 Å². The molecule has 2 nitrogen and oxygen atoms in total. The molecule has 0 saturated carbocycles. The first-order valence-electron chi connectivity index (χ1n) is 7.63. The van der Waals surface area contributed by atoms with Crippen LogP contribution in [0.1, 0.15) is 37.8 Å². The maximum Gasteiger partial charge on any atom is 0.265 e. The molecule has 0 spiro atoms. The Labute approximate surface area is 160 Å². The van der Waals surface area contributed by atoms with Crippen molar-refractivity contribution in [1.82, 2.24) is 0 Å². The molecule has 1 unspecified atom stereocenters. The van der Waals surface area contributed by atoms with Crippen molar-refractivity contribution in [2.24, 2.45) is 0 Å².